The molecule has 0 saturated carbocycles. The summed E-state index contributed by atoms with van der Waals surface area (Å²) >= 11 is 7.77. The summed E-state index contributed by atoms with van der Waals surface area (Å²) in [6.45, 7) is 0. The van der Waals surface area contributed by atoms with Crippen molar-refractivity contribution in [3.63, 3.8) is 0 Å². The number of amides is 1. The van der Waals surface area contributed by atoms with Crippen LogP contribution in [0, 0.1) is 10.1 Å². The highest BCUT2D eigenvalue weighted by atomic mass is 35.5. The lowest BCUT2D eigenvalue weighted by Gasteiger charge is -1.96. The van der Waals surface area contributed by atoms with Crippen molar-refractivity contribution >= 4 is 51.0 Å². The van der Waals surface area contributed by atoms with Crippen molar-refractivity contribution in [2.45, 2.75) is 0 Å². The van der Waals surface area contributed by atoms with Gasteiger partial charge in [0.1, 0.15) is 4.88 Å². The summed E-state index contributed by atoms with van der Waals surface area (Å²) in [4.78, 5) is 25.7. The molecule has 2 rings (SSSR count). The monoisotopic (exact) mass is 289 g/mol. The first-order chi connectivity index (χ1) is 8.08. The van der Waals surface area contributed by atoms with Crippen molar-refractivity contribution in [3.8, 4) is 0 Å². The fourth-order valence-electron chi connectivity index (χ4n) is 1.04. The lowest BCUT2D eigenvalue weighted by Crippen LogP contribution is -2.09. The number of rotatable bonds is 3. The van der Waals surface area contributed by atoms with Gasteiger partial charge in [-0.3, -0.25) is 20.2 Å². The minimum atomic E-state index is -0.626. The molecule has 2 aromatic rings. The van der Waals surface area contributed by atoms with E-state index in [-0.39, 0.29) is 14.9 Å². The van der Waals surface area contributed by atoms with Gasteiger partial charge in [0.05, 0.1) is 4.92 Å². The number of carbonyl (C=O) groups is 1. The van der Waals surface area contributed by atoms with Gasteiger partial charge < -0.3 is 0 Å². The molecule has 0 atom stereocenters. The molecule has 0 spiro atoms. The molecule has 2 heterocycles. The lowest BCUT2D eigenvalue weighted by atomic mass is 10.4. The summed E-state index contributed by atoms with van der Waals surface area (Å²) in [5.74, 6) is -0.458. The van der Waals surface area contributed by atoms with E-state index in [4.69, 9.17) is 11.6 Å². The Balaban J connectivity index is 2.20. The number of hydrogen-bond acceptors (Lipinski definition) is 6. The van der Waals surface area contributed by atoms with E-state index in [1.807, 2.05) is 0 Å². The highest BCUT2D eigenvalue weighted by Gasteiger charge is 2.21. The molecule has 1 N–H and O–H groups in total. The predicted octanol–water partition coefficient (Wildman–Crippen LogP) is 3.02. The summed E-state index contributed by atoms with van der Waals surface area (Å²) in [6.07, 6.45) is 1.55. The molecular weight excluding hydrogens is 286 g/mol. The van der Waals surface area contributed by atoms with Crippen LogP contribution < -0.4 is 5.32 Å². The topological polar surface area (TPSA) is 85.1 Å². The number of anilines is 1. The smallest absolute Gasteiger partial charge is 0.297 e. The summed E-state index contributed by atoms with van der Waals surface area (Å²) in [5.41, 5.74) is -0.263. The molecule has 0 unspecified atom stereocenters. The number of thiazole rings is 1. The van der Waals surface area contributed by atoms with Gasteiger partial charge in [0.2, 0.25) is 0 Å². The van der Waals surface area contributed by atoms with Gasteiger partial charge >= 0.3 is 0 Å². The van der Waals surface area contributed by atoms with E-state index in [9.17, 15) is 14.9 Å². The van der Waals surface area contributed by atoms with Crippen LogP contribution in [0.3, 0.4) is 0 Å². The van der Waals surface area contributed by atoms with Crippen LogP contribution in [0.15, 0.2) is 17.6 Å². The zero-order valence-corrected chi connectivity index (χ0v) is 10.4. The van der Waals surface area contributed by atoms with Crippen LogP contribution >= 0.6 is 34.3 Å². The molecule has 1 amide bonds. The summed E-state index contributed by atoms with van der Waals surface area (Å²) in [5, 5.41) is 15.2. The Labute approximate surface area is 108 Å². The average molecular weight is 290 g/mol. The van der Waals surface area contributed by atoms with Gasteiger partial charge in [-0.25, -0.2) is 4.98 Å². The van der Waals surface area contributed by atoms with Gasteiger partial charge in [0, 0.05) is 17.6 Å². The Morgan fingerprint density at radius 3 is 2.88 bits per heavy atom. The van der Waals surface area contributed by atoms with E-state index in [1.165, 1.54) is 11.3 Å². The number of hydrogen-bond donors (Lipinski definition) is 1. The maximum atomic E-state index is 11.7. The van der Waals surface area contributed by atoms with Crippen LogP contribution in [0.4, 0.5) is 10.8 Å². The fraction of sp³-hybridized carbons (Fsp3) is 0. The Morgan fingerprint density at radius 2 is 2.35 bits per heavy atom. The number of nitrogens with one attached hydrogen (secondary N) is 1. The Kier molecular flexibility index (Phi) is 3.36. The van der Waals surface area contributed by atoms with Crippen molar-refractivity contribution in [1.29, 1.82) is 0 Å². The Morgan fingerprint density at radius 1 is 1.59 bits per heavy atom. The molecule has 0 aliphatic rings. The molecule has 9 heteroatoms. The lowest BCUT2D eigenvalue weighted by molar-refractivity contribution is -0.384. The highest BCUT2D eigenvalue weighted by molar-refractivity contribution is 7.19. The maximum Gasteiger partial charge on any atom is 0.299 e. The van der Waals surface area contributed by atoms with Gasteiger partial charge in [-0.1, -0.05) is 11.6 Å². The number of carbonyl (C=O) groups excluding carboxylic acids is 1. The standard InChI is InChI=1S/C8H4ClN3O3S2/c9-6-4(12(14)15)3-5(17-6)7(13)11-8-10-1-2-16-8/h1-3H,(H,10,11,13). The number of nitrogens with zero attached hydrogens (tertiary/aromatic N) is 2. The van der Waals surface area contributed by atoms with Gasteiger partial charge in [-0.05, 0) is 0 Å². The quantitative estimate of drug-likeness (QED) is 0.695. The highest BCUT2D eigenvalue weighted by Crippen LogP contribution is 2.34. The van der Waals surface area contributed by atoms with Crippen LogP contribution in [0.5, 0.6) is 0 Å². The maximum absolute atomic E-state index is 11.7. The average Bonchev–Trinajstić information content (AvgIpc) is 2.86. The largest absolute Gasteiger partial charge is 0.299 e. The van der Waals surface area contributed by atoms with E-state index >= 15 is 0 Å². The van der Waals surface area contributed by atoms with Gasteiger partial charge in [-0.15, -0.1) is 22.7 Å². The van der Waals surface area contributed by atoms with Crippen LogP contribution in [-0.2, 0) is 0 Å². The van der Waals surface area contributed by atoms with E-state index in [2.05, 4.69) is 10.3 Å². The Bertz CT molecular complexity index is 567. The first-order valence-electron chi connectivity index (χ1n) is 4.22. The third-order valence-corrected chi connectivity index (χ3v) is 3.77. The predicted molar refractivity (Wildman–Crippen MR) is 66.1 cm³/mol. The van der Waals surface area contributed by atoms with Gasteiger partial charge in [0.15, 0.2) is 9.47 Å². The van der Waals surface area contributed by atoms with Gasteiger partial charge in [0.25, 0.3) is 11.6 Å². The molecule has 0 bridgehead atoms. The van der Waals surface area contributed by atoms with Crippen LogP contribution in [0.2, 0.25) is 4.34 Å². The SMILES string of the molecule is O=C(Nc1nccs1)c1cc([N+](=O)[O-])c(Cl)s1. The van der Waals surface area contributed by atoms with Crippen molar-refractivity contribution in [3.05, 3.63) is 37.0 Å². The zero-order valence-electron chi connectivity index (χ0n) is 8.05. The molecule has 88 valence electrons. The molecule has 0 aliphatic heterocycles. The molecule has 2 aromatic heterocycles. The van der Waals surface area contributed by atoms with Crippen LogP contribution in [0.1, 0.15) is 9.67 Å². The summed E-state index contributed by atoms with van der Waals surface area (Å²) in [6, 6.07) is 1.15. The minimum Gasteiger partial charge on any atom is -0.297 e. The van der Waals surface area contributed by atoms with Crippen molar-refractivity contribution in [2.75, 3.05) is 5.32 Å². The molecule has 0 saturated heterocycles. The summed E-state index contributed by atoms with van der Waals surface area (Å²) < 4.78 is -0.0145. The number of nitro groups is 1. The van der Waals surface area contributed by atoms with E-state index in [0.29, 0.717) is 5.13 Å². The van der Waals surface area contributed by atoms with E-state index in [1.54, 1.807) is 11.6 Å². The number of aromatic nitrogens is 1. The molecular formula is C8H4ClN3O3S2. The molecule has 6 nitrogen and oxygen atoms in total. The van der Waals surface area contributed by atoms with Crippen molar-refractivity contribution in [1.82, 2.24) is 4.98 Å². The van der Waals surface area contributed by atoms with Crippen LogP contribution in [0.25, 0.3) is 0 Å². The molecule has 17 heavy (non-hydrogen) atoms. The third kappa shape index (κ3) is 2.60. The first-order valence-corrected chi connectivity index (χ1v) is 6.30. The molecule has 0 aromatic carbocycles. The normalized spacial score (nSPS) is 10.2. The van der Waals surface area contributed by atoms with Crippen LogP contribution in [-0.4, -0.2) is 15.8 Å². The second kappa shape index (κ2) is 4.78. The van der Waals surface area contributed by atoms with E-state index in [0.717, 1.165) is 17.4 Å². The third-order valence-electron chi connectivity index (χ3n) is 1.74. The molecule has 0 aliphatic carbocycles. The fourth-order valence-corrected chi connectivity index (χ4v) is 2.68. The van der Waals surface area contributed by atoms with E-state index < -0.39 is 10.8 Å². The summed E-state index contributed by atoms with van der Waals surface area (Å²) in [7, 11) is 0. The van der Waals surface area contributed by atoms with Crippen molar-refractivity contribution in [2.24, 2.45) is 0 Å². The second-order valence-electron chi connectivity index (χ2n) is 2.82. The Hall–Kier alpha value is -1.51. The second-order valence-corrected chi connectivity index (χ2v) is 5.37. The molecule has 0 radical (unpaired) electrons. The number of thiophene rings is 1. The minimum absolute atomic E-state index is 0.0145. The first kappa shape index (κ1) is 12.0. The van der Waals surface area contributed by atoms with Gasteiger partial charge in [-0.2, -0.15) is 0 Å². The van der Waals surface area contributed by atoms with Crippen molar-refractivity contribution < 1.29 is 9.72 Å². The zero-order chi connectivity index (χ0) is 12.4. The number of halogens is 1. The molecule has 0 fully saturated rings.